The largest absolute Gasteiger partial charge is 0.339 e. The van der Waals surface area contributed by atoms with E-state index < -0.39 is 0 Å². The minimum absolute atomic E-state index is 0.0308. The predicted octanol–water partition coefficient (Wildman–Crippen LogP) is 4.90. The third-order valence-corrected chi connectivity index (χ3v) is 7.76. The van der Waals surface area contributed by atoms with Crippen molar-refractivity contribution in [1.29, 1.82) is 0 Å². The van der Waals surface area contributed by atoms with Gasteiger partial charge in [-0.25, -0.2) is 0 Å². The molecule has 33 heavy (non-hydrogen) atoms. The molecule has 1 aliphatic carbocycles. The van der Waals surface area contributed by atoms with Gasteiger partial charge < -0.3 is 4.90 Å². The van der Waals surface area contributed by atoms with Gasteiger partial charge in [-0.2, -0.15) is 0 Å². The molecule has 0 radical (unpaired) electrons. The van der Waals surface area contributed by atoms with Crippen molar-refractivity contribution >= 4 is 34.3 Å². The Balaban J connectivity index is 1.68. The van der Waals surface area contributed by atoms with Crippen LogP contribution in [0.1, 0.15) is 72.1 Å². The molecule has 4 rings (SSSR count). The number of amides is 1. The smallest absolute Gasteiger partial charge is 0.262 e. The van der Waals surface area contributed by atoms with E-state index in [9.17, 15) is 9.59 Å². The molecule has 0 bridgehead atoms. The molecule has 1 unspecified atom stereocenters. The number of aromatic nitrogens is 4. The lowest BCUT2D eigenvalue weighted by Crippen LogP contribution is -2.44. The van der Waals surface area contributed by atoms with Gasteiger partial charge in [-0.05, 0) is 45.2 Å². The van der Waals surface area contributed by atoms with Gasteiger partial charge in [-0.15, -0.1) is 10.2 Å². The molecule has 0 spiro atoms. The zero-order valence-electron chi connectivity index (χ0n) is 20.0. The maximum atomic E-state index is 13.4. The monoisotopic (exact) mass is 469 g/mol. The van der Waals surface area contributed by atoms with E-state index in [0.29, 0.717) is 28.9 Å². The van der Waals surface area contributed by atoms with Crippen LogP contribution < -0.4 is 5.56 Å². The molecule has 0 saturated heterocycles. The lowest BCUT2D eigenvalue weighted by Gasteiger charge is -2.35. The first-order valence-electron chi connectivity index (χ1n) is 12.4. The Hall–Kier alpha value is -2.35. The van der Waals surface area contributed by atoms with E-state index in [1.165, 1.54) is 31.0 Å². The third kappa shape index (κ3) is 4.81. The highest BCUT2D eigenvalue weighted by Gasteiger charge is 2.29. The summed E-state index contributed by atoms with van der Waals surface area (Å²) in [7, 11) is 0. The van der Waals surface area contributed by atoms with E-state index >= 15 is 0 Å². The van der Waals surface area contributed by atoms with Crippen LogP contribution in [-0.4, -0.2) is 47.8 Å². The van der Waals surface area contributed by atoms with Crippen molar-refractivity contribution < 1.29 is 4.79 Å². The first-order valence-corrected chi connectivity index (χ1v) is 13.3. The van der Waals surface area contributed by atoms with Gasteiger partial charge in [0.1, 0.15) is 0 Å². The zero-order valence-corrected chi connectivity index (χ0v) is 20.8. The second-order valence-corrected chi connectivity index (χ2v) is 10.3. The Morgan fingerprint density at radius 2 is 1.91 bits per heavy atom. The highest BCUT2D eigenvalue weighted by molar-refractivity contribution is 8.00. The molecule has 1 atom stereocenters. The van der Waals surface area contributed by atoms with Crippen molar-refractivity contribution in [3.63, 3.8) is 0 Å². The van der Waals surface area contributed by atoms with E-state index in [1.54, 1.807) is 4.57 Å². The van der Waals surface area contributed by atoms with Crippen molar-refractivity contribution in [1.82, 2.24) is 24.1 Å². The molecule has 0 aliphatic heterocycles. The van der Waals surface area contributed by atoms with Crippen LogP contribution in [-0.2, 0) is 11.3 Å². The molecule has 0 N–H and O–H groups in total. The molecule has 1 aliphatic rings. The van der Waals surface area contributed by atoms with Crippen LogP contribution in [0.3, 0.4) is 0 Å². The number of rotatable bonds is 9. The standard InChI is InChI=1S/C25H35N5O2S/c1-4-6-12-17-29-23(32)20-15-10-11-16-21(20)30-24(29)26-27-25(30)33-18(3)22(31)28(5-2)19-13-8-7-9-14-19/h10-11,15-16,18-19H,4-9,12-14,17H2,1-3H3. The summed E-state index contributed by atoms with van der Waals surface area (Å²) < 4.78 is 3.69. The average molecular weight is 470 g/mol. The molecular formula is C25H35N5O2S. The Morgan fingerprint density at radius 3 is 2.64 bits per heavy atom. The molecule has 1 aromatic carbocycles. The van der Waals surface area contributed by atoms with Gasteiger partial charge in [-0.1, -0.05) is 62.9 Å². The third-order valence-electron chi connectivity index (χ3n) is 6.73. The van der Waals surface area contributed by atoms with Gasteiger partial charge in [0.2, 0.25) is 11.7 Å². The molecule has 8 heteroatoms. The lowest BCUT2D eigenvalue weighted by atomic mass is 9.94. The highest BCUT2D eigenvalue weighted by atomic mass is 32.2. The summed E-state index contributed by atoms with van der Waals surface area (Å²) in [5, 5.41) is 9.88. The molecule has 1 saturated carbocycles. The fraction of sp³-hybridized carbons (Fsp3) is 0.600. The number of carbonyl (C=O) groups is 1. The maximum Gasteiger partial charge on any atom is 0.262 e. The lowest BCUT2D eigenvalue weighted by molar-refractivity contribution is -0.133. The molecule has 1 amide bonds. The fourth-order valence-corrected chi connectivity index (χ4v) is 5.89. The fourth-order valence-electron chi connectivity index (χ4n) is 4.96. The van der Waals surface area contributed by atoms with Crippen molar-refractivity contribution in [3.8, 4) is 0 Å². The van der Waals surface area contributed by atoms with E-state index in [2.05, 4.69) is 28.9 Å². The van der Waals surface area contributed by atoms with E-state index in [1.807, 2.05) is 35.6 Å². The van der Waals surface area contributed by atoms with Crippen LogP contribution >= 0.6 is 11.8 Å². The molecule has 178 valence electrons. The quantitative estimate of drug-likeness (QED) is 0.329. The summed E-state index contributed by atoms with van der Waals surface area (Å²) in [6.45, 7) is 7.52. The Labute approximate surface area is 199 Å². The maximum absolute atomic E-state index is 13.4. The van der Waals surface area contributed by atoms with Crippen LogP contribution in [0.25, 0.3) is 16.7 Å². The van der Waals surface area contributed by atoms with E-state index in [4.69, 9.17) is 0 Å². The minimum atomic E-state index is -0.279. The summed E-state index contributed by atoms with van der Waals surface area (Å²) >= 11 is 1.44. The molecule has 7 nitrogen and oxygen atoms in total. The number of hydrogen-bond donors (Lipinski definition) is 0. The van der Waals surface area contributed by atoms with Crippen molar-refractivity contribution in [2.24, 2.45) is 0 Å². The molecule has 2 heterocycles. The summed E-state index contributed by atoms with van der Waals surface area (Å²) in [5.41, 5.74) is 0.757. The minimum Gasteiger partial charge on any atom is -0.339 e. The van der Waals surface area contributed by atoms with Gasteiger partial charge in [0.25, 0.3) is 5.56 Å². The van der Waals surface area contributed by atoms with Crippen LogP contribution in [0.5, 0.6) is 0 Å². The van der Waals surface area contributed by atoms with Crippen LogP contribution in [0.15, 0.2) is 34.2 Å². The molecule has 3 aromatic rings. The average Bonchev–Trinajstić information content (AvgIpc) is 3.25. The van der Waals surface area contributed by atoms with Crippen molar-refractivity contribution in [2.45, 2.75) is 95.1 Å². The number of aryl methyl sites for hydroxylation is 1. The summed E-state index contributed by atoms with van der Waals surface area (Å²) in [5.74, 6) is 0.711. The Kier molecular flexibility index (Phi) is 7.73. The number of hydrogen-bond acceptors (Lipinski definition) is 5. The number of thioether (sulfide) groups is 1. The van der Waals surface area contributed by atoms with Gasteiger partial charge in [0.15, 0.2) is 5.16 Å². The van der Waals surface area contributed by atoms with Crippen LogP contribution in [0, 0.1) is 0 Å². The summed E-state index contributed by atoms with van der Waals surface area (Å²) in [4.78, 5) is 28.6. The van der Waals surface area contributed by atoms with Crippen molar-refractivity contribution in [3.05, 3.63) is 34.6 Å². The number of benzene rings is 1. The summed E-state index contributed by atoms with van der Waals surface area (Å²) in [6, 6.07) is 7.95. The van der Waals surface area contributed by atoms with Gasteiger partial charge in [0.05, 0.1) is 16.2 Å². The molecule has 1 fully saturated rings. The topological polar surface area (TPSA) is 72.5 Å². The van der Waals surface area contributed by atoms with Gasteiger partial charge in [0, 0.05) is 19.1 Å². The first kappa shape index (κ1) is 23.8. The van der Waals surface area contributed by atoms with Crippen LogP contribution in [0.2, 0.25) is 0 Å². The normalized spacial score (nSPS) is 15.8. The van der Waals surface area contributed by atoms with E-state index in [0.717, 1.165) is 44.2 Å². The predicted molar refractivity (Wildman–Crippen MR) is 134 cm³/mol. The number of unbranched alkanes of at least 4 members (excludes halogenated alkanes) is 2. The summed E-state index contributed by atoms with van der Waals surface area (Å²) in [6.07, 6.45) is 8.92. The van der Waals surface area contributed by atoms with Gasteiger partial charge in [-0.3, -0.25) is 18.6 Å². The SMILES string of the molecule is CCCCCn1c(=O)c2ccccc2n2c(SC(C)C(=O)N(CC)C3CCCCC3)nnc12. The number of carbonyl (C=O) groups excluding carboxylic acids is 1. The highest BCUT2D eigenvalue weighted by Crippen LogP contribution is 2.29. The zero-order chi connectivity index (χ0) is 23.4. The van der Waals surface area contributed by atoms with Crippen molar-refractivity contribution in [2.75, 3.05) is 6.54 Å². The van der Waals surface area contributed by atoms with E-state index in [-0.39, 0.29) is 16.7 Å². The Morgan fingerprint density at radius 1 is 1.15 bits per heavy atom. The second kappa shape index (κ2) is 10.7. The van der Waals surface area contributed by atoms with Gasteiger partial charge >= 0.3 is 0 Å². The Bertz CT molecular complexity index is 1160. The molecular weight excluding hydrogens is 434 g/mol. The van der Waals surface area contributed by atoms with Crippen LogP contribution in [0.4, 0.5) is 0 Å². The number of nitrogens with zero attached hydrogens (tertiary/aromatic N) is 5. The number of fused-ring (bicyclic) bond motifs is 3. The second-order valence-electron chi connectivity index (χ2n) is 8.98. The number of para-hydroxylation sites is 1. The first-order chi connectivity index (χ1) is 16.1. The molecule has 2 aromatic heterocycles.